The number of nitrogens with zero attached hydrogens (tertiary/aromatic N) is 1. The van der Waals surface area contributed by atoms with Crippen LogP contribution < -0.4 is 0 Å². The van der Waals surface area contributed by atoms with E-state index in [4.69, 9.17) is 5.02 Å². The van der Waals surface area contributed by atoms with Crippen molar-refractivity contribution >= 4 is 7.40 Å². The van der Waals surface area contributed by atoms with Crippen molar-refractivity contribution in [2.75, 3.05) is 13.1 Å². The molecule has 1 rings (SSSR count). The molecular formula is C4H9BFNO2. The molecule has 0 saturated carbocycles. The van der Waals surface area contributed by atoms with Crippen molar-refractivity contribution in [2.45, 2.75) is 12.8 Å². The van der Waals surface area contributed by atoms with Crippen molar-refractivity contribution < 1.29 is 14.1 Å². The van der Waals surface area contributed by atoms with E-state index in [0.29, 0.717) is 0 Å². The molecule has 0 aromatic rings. The second kappa shape index (κ2) is 3.15. The van der Waals surface area contributed by atoms with Gasteiger partial charge in [0.05, 0.1) is 0 Å². The highest BCUT2D eigenvalue weighted by molar-refractivity contribution is 6.33. The molecule has 9 heavy (non-hydrogen) atoms. The highest BCUT2D eigenvalue weighted by Crippen LogP contribution is 2.07. The summed E-state index contributed by atoms with van der Waals surface area (Å²) in [5, 5.41) is 9.52. The molecule has 0 aromatic carbocycles. The molecule has 0 aromatic heterocycles. The van der Waals surface area contributed by atoms with Crippen LogP contribution in [0, 0.1) is 0 Å². The van der Waals surface area contributed by atoms with Gasteiger partial charge in [0.1, 0.15) is 0 Å². The van der Waals surface area contributed by atoms with Gasteiger partial charge in [-0.25, -0.2) is 5.06 Å². The van der Waals surface area contributed by atoms with E-state index >= 15 is 0 Å². The van der Waals surface area contributed by atoms with Gasteiger partial charge in [-0.3, -0.25) is 9.07 Å². The molecule has 1 aliphatic heterocycles. The van der Waals surface area contributed by atoms with E-state index in [-0.39, 0.29) is 0 Å². The Labute approximate surface area is 53.6 Å². The maximum absolute atomic E-state index is 11.6. The van der Waals surface area contributed by atoms with Crippen LogP contribution in [-0.2, 0) is 4.76 Å². The van der Waals surface area contributed by atoms with Crippen LogP contribution in [0.2, 0.25) is 0 Å². The summed E-state index contributed by atoms with van der Waals surface area (Å²) < 4.78 is 16.0. The van der Waals surface area contributed by atoms with E-state index < -0.39 is 7.40 Å². The Morgan fingerprint density at radius 2 is 2.00 bits per heavy atom. The summed E-state index contributed by atoms with van der Waals surface area (Å²) in [6, 6.07) is 0. The predicted octanol–water partition coefficient (Wildman–Crippen LogP) is -0.0395. The lowest BCUT2D eigenvalue weighted by atomic mass is 10.3. The first-order chi connectivity index (χ1) is 4.29. The lowest BCUT2D eigenvalue weighted by Crippen LogP contribution is -2.27. The largest absolute Gasteiger partial charge is 0.695 e. The van der Waals surface area contributed by atoms with E-state index in [2.05, 4.69) is 4.76 Å². The number of hydrogen-bond donors (Lipinski definition) is 1. The van der Waals surface area contributed by atoms with Gasteiger partial charge in [0.15, 0.2) is 0 Å². The summed E-state index contributed by atoms with van der Waals surface area (Å²) >= 11 is 0. The molecule has 0 aliphatic carbocycles. The molecule has 0 spiro atoms. The van der Waals surface area contributed by atoms with E-state index in [1.54, 1.807) is 0 Å². The molecule has 1 heterocycles. The third-order valence-electron chi connectivity index (χ3n) is 1.30. The molecule has 0 bridgehead atoms. The zero-order valence-electron chi connectivity index (χ0n) is 5.09. The standard InChI is InChI=1S/C4H9BFNO2/c6-5(8)9-7-3-1-2-4-7/h8H,1-4H2. The summed E-state index contributed by atoms with van der Waals surface area (Å²) in [4.78, 5) is 0. The normalized spacial score (nSPS) is 20.7. The van der Waals surface area contributed by atoms with Crippen LogP contribution in [0.5, 0.6) is 0 Å². The van der Waals surface area contributed by atoms with Gasteiger partial charge < -0.3 is 5.02 Å². The zero-order chi connectivity index (χ0) is 6.69. The fourth-order valence-corrected chi connectivity index (χ4v) is 0.917. The second-order valence-corrected chi connectivity index (χ2v) is 2.03. The molecule has 1 fully saturated rings. The van der Waals surface area contributed by atoms with Crippen molar-refractivity contribution in [1.29, 1.82) is 0 Å². The van der Waals surface area contributed by atoms with Crippen molar-refractivity contribution in [3.63, 3.8) is 0 Å². The van der Waals surface area contributed by atoms with E-state index in [0.717, 1.165) is 25.9 Å². The summed E-state index contributed by atoms with van der Waals surface area (Å²) in [5.74, 6) is 0. The molecule has 1 saturated heterocycles. The molecule has 1 aliphatic rings. The first-order valence-corrected chi connectivity index (χ1v) is 3.03. The number of hydroxylamine groups is 2. The molecule has 0 unspecified atom stereocenters. The highest BCUT2D eigenvalue weighted by atomic mass is 19.1. The van der Waals surface area contributed by atoms with Crippen LogP contribution in [-0.4, -0.2) is 30.6 Å². The Morgan fingerprint density at radius 1 is 1.44 bits per heavy atom. The van der Waals surface area contributed by atoms with Crippen LogP contribution in [0.3, 0.4) is 0 Å². The van der Waals surface area contributed by atoms with Gasteiger partial charge in [-0.2, -0.15) is 0 Å². The van der Waals surface area contributed by atoms with Crippen molar-refractivity contribution in [3.05, 3.63) is 0 Å². The summed E-state index contributed by atoms with van der Waals surface area (Å²) in [7, 11) is -2.15. The third kappa shape index (κ3) is 2.30. The monoisotopic (exact) mass is 133 g/mol. The molecular weight excluding hydrogens is 124 g/mol. The lowest BCUT2D eigenvalue weighted by molar-refractivity contribution is -0.0668. The van der Waals surface area contributed by atoms with Gasteiger partial charge in [0.2, 0.25) is 0 Å². The van der Waals surface area contributed by atoms with E-state index in [1.807, 2.05) is 0 Å². The fourth-order valence-electron chi connectivity index (χ4n) is 0.917. The van der Waals surface area contributed by atoms with Crippen LogP contribution in [0.4, 0.5) is 4.32 Å². The van der Waals surface area contributed by atoms with E-state index in [1.165, 1.54) is 5.06 Å². The van der Waals surface area contributed by atoms with Gasteiger partial charge in [0.25, 0.3) is 0 Å². The molecule has 1 N–H and O–H groups in total. The van der Waals surface area contributed by atoms with Gasteiger partial charge in [-0.15, -0.1) is 0 Å². The minimum atomic E-state index is -2.15. The molecule has 3 nitrogen and oxygen atoms in total. The Morgan fingerprint density at radius 3 is 2.44 bits per heavy atom. The lowest BCUT2D eigenvalue weighted by Gasteiger charge is -2.12. The Kier molecular flexibility index (Phi) is 2.44. The predicted molar refractivity (Wildman–Crippen MR) is 31.0 cm³/mol. The van der Waals surface area contributed by atoms with Crippen molar-refractivity contribution in [3.8, 4) is 0 Å². The summed E-state index contributed by atoms with van der Waals surface area (Å²) in [5.41, 5.74) is 0. The Bertz CT molecular complexity index is 86.6. The number of hydrogen-bond acceptors (Lipinski definition) is 3. The smallest absolute Gasteiger partial charge is 0.397 e. The molecule has 5 heteroatoms. The van der Waals surface area contributed by atoms with Gasteiger partial charge in [-0.1, -0.05) is 0 Å². The van der Waals surface area contributed by atoms with Gasteiger partial charge in [-0.05, 0) is 12.8 Å². The molecule has 52 valence electrons. The third-order valence-corrected chi connectivity index (χ3v) is 1.30. The van der Waals surface area contributed by atoms with Crippen molar-refractivity contribution in [2.24, 2.45) is 0 Å². The minimum absolute atomic E-state index is 0.723. The van der Waals surface area contributed by atoms with Crippen LogP contribution >= 0.6 is 0 Å². The maximum atomic E-state index is 11.6. The Balaban J connectivity index is 2.11. The first kappa shape index (κ1) is 6.99. The zero-order valence-corrected chi connectivity index (χ0v) is 5.09. The Hall–Kier alpha value is -0.125. The fraction of sp³-hybridized carbons (Fsp3) is 1.00. The molecule has 0 amide bonds. The minimum Gasteiger partial charge on any atom is -0.397 e. The van der Waals surface area contributed by atoms with Crippen LogP contribution in [0.1, 0.15) is 12.8 Å². The average molecular weight is 133 g/mol. The quantitative estimate of drug-likeness (QED) is 0.536. The van der Waals surface area contributed by atoms with Crippen molar-refractivity contribution in [1.82, 2.24) is 5.06 Å². The summed E-state index contributed by atoms with van der Waals surface area (Å²) in [6.45, 7) is 1.45. The second-order valence-electron chi connectivity index (χ2n) is 2.03. The van der Waals surface area contributed by atoms with E-state index in [9.17, 15) is 4.32 Å². The number of rotatable bonds is 2. The maximum Gasteiger partial charge on any atom is 0.695 e. The first-order valence-electron chi connectivity index (χ1n) is 3.03. The molecule has 0 radical (unpaired) electrons. The molecule has 0 atom stereocenters. The summed E-state index contributed by atoms with van der Waals surface area (Å²) in [6.07, 6.45) is 2.04. The van der Waals surface area contributed by atoms with Gasteiger partial charge in [0, 0.05) is 13.1 Å². The highest BCUT2D eigenvalue weighted by Gasteiger charge is 2.20. The van der Waals surface area contributed by atoms with Crippen LogP contribution in [0.15, 0.2) is 0 Å². The average Bonchev–Trinajstić information content (AvgIpc) is 2.15. The number of halogens is 1. The van der Waals surface area contributed by atoms with Crippen LogP contribution in [0.25, 0.3) is 0 Å². The SMILES string of the molecule is OB(F)ON1CCCC1. The van der Waals surface area contributed by atoms with Gasteiger partial charge >= 0.3 is 7.40 Å². The topological polar surface area (TPSA) is 32.7 Å².